The Bertz CT molecular complexity index is 2420. The van der Waals surface area contributed by atoms with E-state index in [-0.39, 0.29) is 12.4 Å². The van der Waals surface area contributed by atoms with Crippen LogP contribution < -0.4 is 20.7 Å². The fourth-order valence-corrected chi connectivity index (χ4v) is 7.01. The summed E-state index contributed by atoms with van der Waals surface area (Å²) in [5.41, 5.74) is 11.0. The van der Waals surface area contributed by atoms with E-state index in [9.17, 15) is 4.79 Å². The van der Waals surface area contributed by atoms with Crippen molar-refractivity contribution in [3.63, 3.8) is 0 Å². The highest BCUT2D eigenvalue weighted by Gasteiger charge is 2.33. The first-order chi connectivity index (χ1) is 24.9. The van der Waals surface area contributed by atoms with Crippen LogP contribution in [0.3, 0.4) is 0 Å². The SMILES string of the molecule is CC(c1oc(=O)c2ccccc2c1-c1cccc(CN2CCCCC2)c1)n1nc(-c2cc(F)cc(OCc3ccccc3)c2)c2c(N)ncn[n+]21. The molecule has 8 rings (SSSR count). The van der Waals surface area contributed by atoms with Gasteiger partial charge in [-0.3, -0.25) is 4.90 Å². The number of fused-ring (bicyclic) bond motifs is 2. The summed E-state index contributed by atoms with van der Waals surface area (Å²) in [4.78, 5) is 21.8. The molecule has 11 heteroatoms. The van der Waals surface area contributed by atoms with Gasteiger partial charge in [0.25, 0.3) is 11.2 Å². The van der Waals surface area contributed by atoms with Crippen LogP contribution in [0.4, 0.5) is 10.2 Å². The number of hydrogen-bond donors (Lipinski definition) is 1. The standard InChI is InChI=1S/C40H37FN7O3/c1-26(38-35(33-15-6-7-16-34(33)40(49)51-38)29-14-10-13-28(19-29)23-46-17-8-3-9-18-46)47-45-36(37-39(42)43-25-44-48(37)47)30-20-31(41)22-32(21-30)50-24-27-11-4-2-5-12-27/h2,4-7,10-16,19-22,25-26H,3,8-9,17-18,23-24H2,1H3,(H2,42,43,44)/q+1. The van der Waals surface area contributed by atoms with Crippen molar-refractivity contribution in [1.29, 1.82) is 0 Å². The maximum absolute atomic E-state index is 15.1. The lowest BCUT2D eigenvalue weighted by molar-refractivity contribution is -0.678. The lowest BCUT2D eigenvalue weighted by Gasteiger charge is -2.26. The second-order valence-corrected chi connectivity index (χ2v) is 13.0. The second kappa shape index (κ2) is 13.8. The summed E-state index contributed by atoms with van der Waals surface area (Å²) in [7, 11) is 0. The van der Waals surface area contributed by atoms with Crippen molar-refractivity contribution >= 4 is 22.1 Å². The van der Waals surface area contributed by atoms with Crippen molar-refractivity contribution in [3.05, 3.63) is 137 Å². The number of nitrogens with two attached hydrogens (primary N) is 1. The first-order valence-corrected chi connectivity index (χ1v) is 17.2. The van der Waals surface area contributed by atoms with Gasteiger partial charge in [-0.1, -0.05) is 73.2 Å². The van der Waals surface area contributed by atoms with Gasteiger partial charge in [-0.15, -0.1) is 0 Å². The number of halogens is 1. The molecule has 0 bridgehead atoms. The van der Waals surface area contributed by atoms with Gasteiger partial charge in [-0.05, 0) is 88.3 Å². The van der Waals surface area contributed by atoms with Gasteiger partial charge in [-0.25, -0.2) is 14.2 Å². The molecule has 256 valence electrons. The topological polar surface area (TPSA) is 116 Å². The quantitative estimate of drug-likeness (QED) is 0.166. The highest BCUT2D eigenvalue weighted by molar-refractivity contribution is 5.97. The maximum atomic E-state index is 15.1. The zero-order chi connectivity index (χ0) is 34.9. The van der Waals surface area contributed by atoms with Gasteiger partial charge < -0.3 is 14.9 Å². The van der Waals surface area contributed by atoms with Gasteiger partial charge in [0.2, 0.25) is 0 Å². The number of likely N-dealkylation sites (tertiary alicyclic amines) is 1. The Morgan fingerprint density at radius 1 is 0.902 bits per heavy atom. The molecule has 1 atom stereocenters. The van der Waals surface area contributed by atoms with Crippen LogP contribution in [-0.2, 0) is 13.2 Å². The third kappa shape index (κ3) is 6.43. The molecule has 0 aliphatic carbocycles. The number of ether oxygens (including phenoxy) is 1. The molecule has 2 N–H and O–H groups in total. The Morgan fingerprint density at radius 3 is 2.49 bits per heavy atom. The molecule has 1 aliphatic heterocycles. The predicted octanol–water partition coefficient (Wildman–Crippen LogP) is 6.75. The summed E-state index contributed by atoms with van der Waals surface area (Å²) < 4.78 is 28.8. The average Bonchev–Trinajstić information content (AvgIpc) is 3.56. The van der Waals surface area contributed by atoms with E-state index in [0.29, 0.717) is 33.7 Å². The van der Waals surface area contributed by atoms with Crippen molar-refractivity contribution < 1.29 is 18.2 Å². The number of piperidine rings is 1. The van der Waals surface area contributed by atoms with Crippen LogP contribution in [0.2, 0.25) is 0 Å². The molecule has 1 fully saturated rings. The molecule has 0 amide bonds. The fraction of sp³-hybridized carbons (Fsp3) is 0.225. The molecule has 4 aromatic carbocycles. The molecular formula is C40H37FN7O3+. The monoisotopic (exact) mass is 682 g/mol. The molecule has 51 heavy (non-hydrogen) atoms. The number of hydrogen-bond acceptors (Lipinski definition) is 8. The minimum absolute atomic E-state index is 0.153. The molecule has 0 spiro atoms. The number of rotatable bonds is 9. The third-order valence-corrected chi connectivity index (χ3v) is 9.48. The lowest BCUT2D eigenvalue weighted by atomic mass is 9.94. The van der Waals surface area contributed by atoms with Crippen LogP contribution >= 0.6 is 0 Å². The van der Waals surface area contributed by atoms with E-state index in [4.69, 9.17) is 20.0 Å². The summed E-state index contributed by atoms with van der Waals surface area (Å²) in [5.74, 6) is 0.386. The zero-order valence-corrected chi connectivity index (χ0v) is 28.2. The van der Waals surface area contributed by atoms with E-state index < -0.39 is 17.5 Å². The van der Waals surface area contributed by atoms with Crippen molar-refractivity contribution in [2.45, 2.75) is 45.4 Å². The van der Waals surface area contributed by atoms with Crippen LogP contribution in [-0.4, -0.2) is 38.0 Å². The van der Waals surface area contributed by atoms with E-state index in [1.165, 1.54) is 47.9 Å². The van der Waals surface area contributed by atoms with Gasteiger partial charge in [0.1, 0.15) is 23.9 Å². The van der Waals surface area contributed by atoms with Crippen molar-refractivity contribution in [2.75, 3.05) is 18.8 Å². The molecular weight excluding hydrogens is 645 g/mol. The second-order valence-electron chi connectivity index (χ2n) is 13.0. The number of anilines is 1. The Balaban J connectivity index is 1.24. The van der Waals surface area contributed by atoms with Gasteiger partial charge >= 0.3 is 5.63 Å². The zero-order valence-electron chi connectivity index (χ0n) is 28.2. The molecule has 4 heterocycles. The number of nitrogens with zero attached hydrogens (tertiary/aromatic N) is 6. The van der Waals surface area contributed by atoms with E-state index in [1.54, 1.807) is 16.9 Å². The third-order valence-electron chi connectivity index (χ3n) is 9.48. The molecule has 0 saturated carbocycles. The Hall–Kier alpha value is -5.94. The van der Waals surface area contributed by atoms with E-state index in [0.717, 1.165) is 41.7 Å². The molecule has 0 radical (unpaired) electrons. The minimum Gasteiger partial charge on any atom is -0.489 e. The predicted molar refractivity (Wildman–Crippen MR) is 192 cm³/mol. The summed E-state index contributed by atoms with van der Waals surface area (Å²) >= 11 is 0. The fourth-order valence-electron chi connectivity index (χ4n) is 7.01. The highest BCUT2D eigenvalue weighted by atomic mass is 19.1. The summed E-state index contributed by atoms with van der Waals surface area (Å²) in [6, 6.07) is 29.3. The summed E-state index contributed by atoms with van der Waals surface area (Å²) in [6.07, 6.45) is 5.02. The molecule has 1 aliphatic rings. The van der Waals surface area contributed by atoms with Crippen molar-refractivity contribution in [1.82, 2.24) is 24.9 Å². The number of benzene rings is 4. The minimum atomic E-state index is -0.666. The van der Waals surface area contributed by atoms with Gasteiger partial charge in [-0.2, -0.15) is 0 Å². The lowest BCUT2D eigenvalue weighted by Crippen LogP contribution is -2.40. The normalized spacial score (nSPS) is 14.2. The average molecular weight is 683 g/mol. The first-order valence-electron chi connectivity index (χ1n) is 17.2. The van der Waals surface area contributed by atoms with Crippen LogP contribution in [0.25, 0.3) is 38.7 Å². The Labute approximate surface area is 293 Å². The van der Waals surface area contributed by atoms with Gasteiger partial charge in [0.05, 0.1) is 10.5 Å². The summed E-state index contributed by atoms with van der Waals surface area (Å²) in [6.45, 7) is 5.16. The summed E-state index contributed by atoms with van der Waals surface area (Å²) in [5, 5.41) is 10.7. The van der Waals surface area contributed by atoms with E-state index >= 15 is 4.39 Å². The smallest absolute Gasteiger partial charge is 0.343 e. The highest BCUT2D eigenvalue weighted by Crippen LogP contribution is 2.36. The largest absolute Gasteiger partial charge is 0.489 e. The van der Waals surface area contributed by atoms with Crippen molar-refractivity contribution in [2.24, 2.45) is 0 Å². The number of nitrogen functional groups attached to an aromatic ring is 1. The van der Waals surface area contributed by atoms with Crippen LogP contribution in [0, 0.1) is 5.82 Å². The molecule has 1 unspecified atom stereocenters. The maximum Gasteiger partial charge on any atom is 0.343 e. The van der Waals surface area contributed by atoms with Crippen LogP contribution in [0.15, 0.2) is 113 Å². The van der Waals surface area contributed by atoms with Crippen LogP contribution in [0.5, 0.6) is 5.75 Å². The Kier molecular flexibility index (Phi) is 8.71. The van der Waals surface area contributed by atoms with Gasteiger partial charge in [0, 0.05) is 29.1 Å². The molecule has 10 nitrogen and oxygen atoms in total. The van der Waals surface area contributed by atoms with Crippen LogP contribution in [0.1, 0.15) is 49.1 Å². The number of aromatic nitrogens is 5. The van der Waals surface area contributed by atoms with Gasteiger partial charge in [0.15, 0.2) is 18.2 Å². The molecule has 7 aromatic rings. The molecule has 3 aromatic heterocycles. The Morgan fingerprint density at radius 2 is 1.67 bits per heavy atom. The van der Waals surface area contributed by atoms with E-state index in [2.05, 4.69) is 33.2 Å². The van der Waals surface area contributed by atoms with Crippen molar-refractivity contribution in [3.8, 4) is 28.1 Å². The molecule has 1 saturated heterocycles. The first kappa shape index (κ1) is 32.3. The van der Waals surface area contributed by atoms with E-state index in [1.807, 2.05) is 61.5 Å².